The Morgan fingerprint density at radius 1 is 0.833 bits per heavy atom. The first-order chi connectivity index (χ1) is 14.6. The molecule has 6 nitrogen and oxygen atoms in total. The Morgan fingerprint density at radius 2 is 1.60 bits per heavy atom. The normalized spacial score (nSPS) is 12.4. The number of halogens is 1. The molecule has 0 saturated carbocycles. The Balaban J connectivity index is 1.66. The standard InChI is InChI=1S/C23H17ClN2O4/c24-18-7-3-1-5-16(18)13-25-19-8-4-2-6-17(19)22(27)26(23(25)28)12-15-9-10-20-21(11-15)30-14-29-20/h1-11H,12-14H2. The number of hydrogen-bond acceptors (Lipinski definition) is 4. The number of para-hydroxylation sites is 1. The number of nitrogens with zero attached hydrogens (tertiary/aromatic N) is 2. The molecule has 0 radical (unpaired) electrons. The maximum absolute atomic E-state index is 13.4. The van der Waals surface area contributed by atoms with E-state index in [0.29, 0.717) is 27.4 Å². The van der Waals surface area contributed by atoms with Crippen LogP contribution in [0, 0.1) is 0 Å². The van der Waals surface area contributed by atoms with Gasteiger partial charge in [0, 0.05) is 5.02 Å². The molecule has 0 unspecified atom stereocenters. The molecule has 1 aliphatic rings. The highest BCUT2D eigenvalue weighted by Crippen LogP contribution is 2.32. The van der Waals surface area contributed by atoms with E-state index in [0.717, 1.165) is 11.1 Å². The van der Waals surface area contributed by atoms with Crippen LogP contribution in [0.1, 0.15) is 11.1 Å². The molecule has 0 spiro atoms. The van der Waals surface area contributed by atoms with Gasteiger partial charge in [-0.3, -0.25) is 13.9 Å². The lowest BCUT2D eigenvalue weighted by atomic mass is 10.1. The zero-order valence-electron chi connectivity index (χ0n) is 15.9. The van der Waals surface area contributed by atoms with Crippen LogP contribution in [0.5, 0.6) is 11.5 Å². The average Bonchev–Trinajstić information content (AvgIpc) is 3.23. The Kier molecular flexibility index (Phi) is 4.56. The topological polar surface area (TPSA) is 62.5 Å². The van der Waals surface area contributed by atoms with Gasteiger partial charge in [0.25, 0.3) is 5.56 Å². The molecule has 0 atom stereocenters. The summed E-state index contributed by atoms with van der Waals surface area (Å²) in [4.78, 5) is 26.5. The maximum atomic E-state index is 13.4. The van der Waals surface area contributed by atoms with E-state index in [1.165, 1.54) is 4.57 Å². The average molecular weight is 421 g/mol. The van der Waals surface area contributed by atoms with Gasteiger partial charge < -0.3 is 9.47 Å². The number of fused-ring (bicyclic) bond motifs is 2. The summed E-state index contributed by atoms with van der Waals surface area (Å²) in [6.45, 7) is 0.557. The number of hydrogen-bond donors (Lipinski definition) is 0. The predicted molar refractivity (Wildman–Crippen MR) is 115 cm³/mol. The van der Waals surface area contributed by atoms with Crippen molar-refractivity contribution >= 4 is 22.5 Å². The Morgan fingerprint density at radius 3 is 2.47 bits per heavy atom. The summed E-state index contributed by atoms with van der Waals surface area (Å²) in [6.07, 6.45) is 0. The second-order valence-corrected chi connectivity index (χ2v) is 7.46. The van der Waals surface area contributed by atoms with Crippen LogP contribution in [0.3, 0.4) is 0 Å². The number of ether oxygens (including phenoxy) is 2. The third kappa shape index (κ3) is 3.15. The van der Waals surface area contributed by atoms with Crippen LogP contribution in [0.15, 0.2) is 76.3 Å². The maximum Gasteiger partial charge on any atom is 0.332 e. The van der Waals surface area contributed by atoms with Crippen LogP contribution < -0.4 is 20.7 Å². The van der Waals surface area contributed by atoms with Crippen LogP contribution in [0.4, 0.5) is 0 Å². The van der Waals surface area contributed by atoms with E-state index in [9.17, 15) is 9.59 Å². The number of aromatic nitrogens is 2. The largest absolute Gasteiger partial charge is 0.454 e. The van der Waals surface area contributed by atoms with E-state index in [1.54, 1.807) is 41.0 Å². The molecular formula is C23H17ClN2O4. The van der Waals surface area contributed by atoms with Crippen LogP contribution >= 0.6 is 11.6 Å². The van der Waals surface area contributed by atoms with Gasteiger partial charge in [0.15, 0.2) is 11.5 Å². The summed E-state index contributed by atoms with van der Waals surface area (Å²) in [5, 5.41) is 1.05. The van der Waals surface area contributed by atoms with Gasteiger partial charge in [0.05, 0.1) is 24.0 Å². The van der Waals surface area contributed by atoms with Crippen LogP contribution in [-0.4, -0.2) is 15.9 Å². The summed E-state index contributed by atoms with van der Waals surface area (Å²) < 4.78 is 13.6. The summed E-state index contributed by atoms with van der Waals surface area (Å²) >= 11 is 6.32. The van der Waals surface area contributed by atoms with Crippen LogP contribution in [0.25, 0.3) is 10.9 Å². The molecule has 1 aromatic heterocycles. The van der Waals surface area contributed by atoms with Gasteiger partial charge in [0.2, 0.25) is 6.79 Å². The highest BCUT2D eigenvalue weighted by atomic mass is 35.5. The first kappa shape index (κ1) is 18.5. The van der Waals surface area contributed by atoms with E-state index < -0.39 is 5.69 Å². The molecule has 150 valence electrons. The van der Waals surface area contributed by atoms with Crippen molar-refractivity contribution in [3.8, 4) is 11.5 Å². The molecule has 0 amide bonds. The third-order valence-corrected chi connectivity index (χ3v) is 5.56. The van der Waals surface area contributed by atoms with E-state index in [-0.39, 0.29) is 25.4 Å². The quantitative estimate of drug-likeness (QED) is 0.505. The molecule has 0 N–H and O–H groups in total. The number of benzene rings is 3. The van der Waals surface area contributed by atoms with Gasteiger partial charge in [0.1, 0.15) is 0 Å². The molecule has 5 rings (SSSR count). The van der Waals surface area contributed by atoms with Gasteiger partial charge in [-0.1, -0.05) is 48.0 Å². The first-order valence-corrected chi connectivity index (χ1v) is 9.84. The fourth-order valence-electron chi connectivity index (χ4n) is 3.68. The lowest BCUT2D eigenvalue weighted by molar-refractivity contribution is 0.174. The fraction of sp³-hybridized carbons (Fsp3) is 0.130. The van der Waals surface area contributed by atoms with Crippen molar-refractivity contribution < 1.29 is 9.47 Å². The SMILES string of the molecule is O=c1c2ccccc2n(Cc2ccccc2Cl)c(=O)n1Cc1ccc2c(c1)OCO2. The fourth-order valence-corrected chi connectivity index (χ4v) is 3.88. The van der Waals surface area contributed by atoms with Gasteiger partial charge in [-0.05, 0) is 41.5 Å². The van der Waals surface area contributed by atoms with E-state index >= 15 is 0 Å². The van der Waals surface area contributed by atoms with Crippen molar-refractivity contribution in [2.75, 3.05) is 6.79 Å². The monoisotopic (exact) mass is 420 g/mol. The Labute approximate surface area is 176 Å². The van der Waals surface area contributed by atoms with Gasteiger partial charge in [-0.25, -0.2) is 4.79 Å². The smallest absolute Gasteiger partial charge is 0.332 e. The van der Waals surface area contributed by atoms with Crippen molar-refractivity contribution in [3.05, 3.63) is 104 Å². The Hall–Kier alpha value is -3.51. The molecule has 30 heavy (non-hydrogen) atoms. The second kappa shape index (κ2) is 7.39. The lowest BCUT2D eigenvalue weighted by Gasteiger charge is -2.15. The zero-order valence-corrected chi connectivity index (χ0v) is 16.6. The van der Waals surface area contributed by atoms with Gasteiger partial charge in [-0.2, -0.15) is 0 Å². The summed E-state index contributed by atoms with van der Waals surface area (Å²) in [5.74, 6) is 1.26. The van der Waals surface area contributed by atoms with Crippen LogP contribution in [0.2, 0.25) is 5.02 Å². The highest BCUT2D eigenvalue weighted by Gasteiger charge is 2.17. The second-order valence-electron chi connectivity index (χ2n) is 7.06. The molecule has 0 bridgehead atoms. The van der Waals surface area contributed by atoms with Crippen molar-refractivity contribution in [1.29, 1.82) is 0 Å². The lowest BCUT2D eigenvalue weighted by Crippen LogP contribution is -2.40. The molecule has 2 heterocycles. The predicted octanol–water partition coefficient (Wildman–Crippen LogP) is 3.64. The minimum absolute atomic E-state index is 0.127. The highest BCUT2D eigenvalue weighted by molar-refractivity contribution is 6.31. The molecule has 0 saturated heterocycles. The third-order valence-electron chi connectivity index (χ3n) is 5.20. The molecule has 3 aromatic carbocycles. The molecule has 1 aliphatic heterocycles. The number of rotatable bonds is 4. The molecule has 4 aromatic rings. The minimum Gasteiger partial charge on any atom is -0.454 e. The van der Waals surface area contributed by atoms with Gasteiger partial charge in [-0.15, -0.1) is 0 Å². The van der Waals surface area contributed by atoms with Crippen molar-refractivity contribution in [2.45, 2.75) is 13.1 Å². The van der Waals surface area contributed by atoms with Crippen molar-refractivity contribution in [3.63, 3.8) is 0 Å². The summed E-state index contributed by atoms with van der Waals surface area (Å²) in [5.41, 5.74) is 1.44. The molecular weight excluding hydrogens is 404 g/mol. The molecule has 0 aliphatic carbocycles. The van der Waals surface area contributed by atoms with Crippen molar-refractivity contribution in [2.24, 2.45) is 0 Å². The summed E-state index contributed by atoms with van der Waals surface area (Å²) in [7, 11) is 0. The van der Waals surface area contributed by atoms with Gasteiger partial charge >= 0.3 is 5.69 Å². The molecule has 7 heteroatoms. The zero-order chi connectivity index (χ0) is 20.7. The summed E-state index contributed by atoms with van der Waals surface area (Å²) in [6, 6.07) is 19.9. The first-order valence-electron chi connectivity index (χ1n) is 9.46. The Bertz CT molecular complexity index is 1390. The van der Waals surface area contributed by atoms with E-state index in [1.807, 2.05) is 30.3 Å². The van der Waals surface area contributed by atoms with E-state index in [2.05, 4.69) is 0 Å². The van der Waals surface area contributed by atoms with E-state index in [4.69, 9.17) is 21.1 Å². The van der Waals surface area contributed by atoms with Crippen molar-refractivity contribution in [1.82, 2.24) is 9.13 Å². The molecule has 0 fully saturated rings. The minimum atomic E-state index is -0.392. The van der Waals surface area contributed by atoms with Crippen LogP contribution in [-0.2, 0) is 13.1 Å².